The number of nitrogens with one attached hydrogen (secondary N) is 1. The molecular weight excluding hydrogens is 325 g/mol. The van der Waals surface area contributed by atoms with Gasteiger partial charge in [-0.05, 0) is 24.3 Å². The minimum Gasteiger partial charge on any atom is -0.491 e. The average molecular weight is 340 g/mol. The summed E-state index contributed by atoms with van der Waals surface area (Å²) in [5.41, 5.74) is 1.13. The SMILES string of the molecule is O=C(NCc1ccccc1OCCO)c1cc(Cl)ccc1Cl. The maximum Gasteiger partial charge on any atom is 0.253 e. The van der Waals surface area contributed by atoms with Crippen LogP contribution in [0.1, 0.15) is 15.9 Å². The molecule has 0 radical (unpaired) electrons. The van der Waals surface area contributed by atoms with Crippen LogP contribution in [-0.4, -0.2) is 24.2 Å². The molecule has 2 aromatic carbocycles. The Balaban J connectivity index is 2.06. The van der Waals surface area contributed by atoms with E-state index in [4.69, 9.17) is 33.0 Å². The van der Waals surface area contributed by atoms with E-state index in [1.165, 1.54) is 6.07 Å². The van der Waals surface area contributed by atoms with Gasteiger partial charge < -0.3 is 15.2 Å². The third-order valence-electron chi connectivity index (χ3n) is 2.93. The molecule has 0 heterocycles. The fourth-order valence-electron chi connectivity index (χ4n) is 1.89. The van der Waals surface area contributed by atoms with E-state index in [0.29, 0.717) is 21.4 Å². The Morgan fingerprint density at radius 1 is 1.18 bits per heavy atom. The Morgan fingerprint density at radius 2 is 1.95 bits per heavy atom. The van der Waals surface area contributed by atoms with Crippen molar-refractivity contribution in [3.8, 4) is 5.75 Å². The van der Waals surface area contributed by atoms with Crippen molar-refractivity contribution in [3.63, 3.8) is 0 Å². The van der Waals surface area contributed by atoms with Crippen LogP contribution in [0.3, 0.4) is 0 Å². The number of ether oxygens (including phenoxy) is 1. The fraction of sp³-hybridized carbons (Fsp3) is 0.188. The second kappa shape index (κ2) is 8.03. The monoisotopic (exact) mass is 339 g/mol. The van der Waals surface area contributed by atoms with Crippen LogP contribution in [0.4, 0.5) is 0 Å². The first-order valence-corrected chi connectivity index (χ1v) is 7.42. The number of para-hydroxylation sites is 1. The Kier molecular flexibility index (Phi) is 6.07. The summed E-state index contributed by atoms with van der Waals surface area (Å²) in [5.74, 6) is 0.304. The molecule has 0 saturated heterocycles. The van der Waals surface area contributed by atoms with E-state index in [2.05, 4.69) is 5.32 Å². The average Bonchev–Trinajstić information content (AvgIpc) is 2.53. The summed E-state index contributed by atoms with van der Waals surface area (Å²) in [5, 5.41) is 12.4. The Morgan fingerprint density at radius 3 is 2.73 bits per heavy atom. The number of aliphatic hydroxyl groups excluding tert-OH is 1. The number of halogens is 2. The summed E-state index contributed by atoms with van der Waals surface area (Å²) in [6.07, 6.45) is 0. The maximum atomic E-state index is 12.2. The largest absolute Gasteiger partial charge is 0.491 e. The van der Waals surface area contributed by atoms with Crippen molar-refractivity contribution in [3.05, 3.63) is 63.6 Å². The van der Waals surface area contributed by atoms with Crippen LogP contribution in [0.5, 0.6) is 5.75 Å². The van der Waals surface area contributed by atoms with Crippen molar-refractivity contribution >= 4 is 29.1 Å². The molecule has 2 N–H and O–H groups in total. The quantitative estimate of drug-likeness (QED) is 0.848. The molecule has 0 fully saturated rings. The first-order chi connectivity index (χ1) is 10.6. The lowest BCUT2D eigenvalue weighted by atomic mass is 10.1. The van der Waals surface area contributed by atoms with Crippen LogP contribution in [0.25, 0.3) is 0 Å². The van der Waals surface area contributed by atoms with E-state index < -0.39 is 0 Å². The highest BCUT2D eigenvalue weighted by atomic mass is 35.5. The molecule has 0 saturated carbocycles. The first kappa shape index (κ1) is 16.6. The zero-order valence-corrected chi connectivity index (χ0v) is 13.2. The molecule has 116 valence electrons. The van der Waals surface area contributed by atoms with E-state index in [1.807, 2.05) is 18.2 Å². The summed E-state index contributed by atoms with van der Waals surface area (Å²) in [6.45, 7) is 0.410. The minimum atomic E-state index is -0.315. The van der Waals surface area contributed by atoms with Crippen LogP contribution in [0, 0.1) is 0 Å². The minimum absolute atomic E-state index is 0.0706. The zero-order valence-electron chi connectivity index (χ0n) is 11.7. The van der Waals surface area contributed by atoms with Gasteiger partial charge in [0.25, 0.3) is 5.91 Å². The molecule has 0 aromatic heterocycles. The number of carbonyl (C=O) groups is 1. The van der Waals surface area contributed by atoms with E-state index in [0.717, 1.165) is 5.56 Å². The number of rotatable bonds is 6. The van der Waals surface area contributed by atoms with Gasteiger partial charge in [0, 0.05) is 17.1 Å². The highest BCUT2D eigenvalue weighted by Crippen LogP contribution is 2.21. The molecule has 0 aliphatic carbocycles. The van der Waals surface area contributed by atoms with Gasteiger partial charge in [0.2, 0.25) is 0 Å². The molecule has 4 nitrogen and oxygen atoms in total. The van der Waals surface area contributed by atoms with Crippen molar-refractivity contribution in [2.45, 2.75) is 6.54 Å². The van der Waals surface area contributed by atoms with Crippen LogP contribution >= 0.6 is 23.2 Å². The first-order valence-electron chi connectivity index (χ1n) is 6.66. The van der Waals surface area contributed by atoms with Gasteiger partial charge in [-0.3, -0.25) is 4.79 Å². The maximum absolute atomic E-state index is 12.2. The summed E-state index contributed by atoms with van der Waals surface area (Å²) >= 11 is 11.9. The fourth-order valence-corrected chi connectivity index (χ4v) is 2.26. The summed E-state index contributed by atoms with van der Waals surface area (Å²) in [6, 6.07) is 12.0. The number of aliphatic hydroxyl groups is 1. The molecule has 6 heteroatoms. The van der Waals surface area contributed by atoms with Gasteiger partial charge in [0.15, 0.2) is 0 Å². The summed E-state index contributed by atoms with van der Waals surface area (Å²) < 4.78 is 5.42. The van der Waals surface area contributed by atoms with E-state index in [1.54, 1.807) is 18.2 Å². The Labute approximate surface area is 138 Å². The van der Waals surface area contributed by atoms with Crippen LogP contribution in [-0.2, 0) is 6.54 Å². The number of amides is 1. The summed E-state index contributed by atoms with van der Waals surface area (Å²) in [4.78, 5) is 12.2. The zero-order chi connectivity index (χ0) is 15.9. The van der Waals surface area contributed by atoms with E-state index >= 15 is 0 Å². The van der Waals surface area contributed by atoms with Crippen LogP contribution < -0.4 is 10.1 Å². The van der Waals surface area contributed by atoms with Crippen LogP contribution in [0.15, 0.2) is 42.5 Å². The predicted molar refractivity (Wildman–Crippen MR) is 86.7 cm³/mol. The predicted octanol–water partition coefficient (Wildman–Crippen LogP) is 3.29. The number of benzene rings is 2. The molecule has 0 aliphatic rings. The molecule has 0 bridgehead atoms. The van der Waals surface area contributed by atoms with Crippen molar-refractivity contribution in [1.29, 1.82) is 0 Å². The van der Waals surface area contributed by atoms with Crippen molar-refractivity contribution < 1.29 is 14.6 Å². The second-order valence-electron chi connectivity index (χ2n) is 4.49. The Bertz CT molecular complexity index is 662. The lowest BCUT2D eigenvalue weighted by Crippen LogP contribution is -2.23. The van der Waals surface area contributed by atoms with Gasteiger partial charge >= 0.3 is 0 Å². The van der Waals surface area contributed by atoms with Gasteiger partial charge in [-0.25, -0.2) is 0 Å². The van der Waals surface area contributed by atoms with Crippen molar-refractivity contribution in [2.75, 3.05) is 13.2 Å². The van der Waals surface area contributed by atoms with Gasteiger partial charge in [-0.2, -0.15) is 0 Å². The van der Waals surface area contributed by atoms with Gasteiger partial charge in [-0.1, -0.05) is 41.4 Å². The van der Waals surface area contributed by atoms with Gasteiger partial charge in [0.1, 0.15) is 12.4 Å². The molecule has 0 aliphatic heterocycles. The number of carbonyl (C=O) groups excluding carboxylic acids is 1. The molecule has 22 heavy (non-hydrogen) atoms. The van der Waals surface area contributed by atoms with Gasteiger partial charge in [-0.15, -0.1) is 0 Å². The lowest BCUT2D eigenvalue weighted by molar-refractivity contribution is 0.0950. The normalized spacial score (nSPS) is 10.3. The Hall–Kier alpha value is -1.75. The molecular formula is C16H15Cl2NO3. The summed E-state index contributed by atoms with van der Waals surface area (Å²) in [7, 11) is 0. The third kappa shape index (κ3) is 4.37. The van der Waals surface area contributed by atoms with Crippen molar-refractivity contribution in [1.82, 2.24) is 5.32 Å². The van der Waals surface area contributed by atoms with E-state index in [9.17, 15) is 4.79 Å². The number of hydrogen-bond donors (Lipinski definition) is 2. The molecule has 0 unspecified atom stereocenters. The van der Waals surface area contributed by atoms with Gasteiger partial charge in [0.05, 0.1) is 17.2 Å². The standard InChI is InChI=1S/C16H15Cl2NO3/c17-12-5-6-14(18)13(9-12)16(21)19-10-11-3-1-2-4-15(11)22-8-7-20/h1-6,9,20H,7-8,10H2,(H,19,21). The lowest BCUT2D eigenvalue weighted by Gasteiger charge is -2.12. The highest BCUT2D eigenvalue weighted by Gasteiger charge is 2.12. The highest BCUT2D eigenvalue weighted by molar-refractivity contribution is 6.35. The molecule has 0 atom stereocenters. The molecule has 0 spiro atoms. The van der Waals surface area contributed by atoms with E-state index in [-0.39, 0.29) is 25.7 Å². The van der Waals surface area contributed by atoms with Crippen molar-refractivity contribution in [2.24, 2.45) is 0 Å². The van der Waals surface area contributed by atoms with Crippen LogP contribution in [0.2, 0.25) is 10.0 Å². The molecule has 2 aromatic rings. The molecule has 2 rings (SSSR count). The number of hydrogen-bond acceptors (Lipinski definition) is 3. The second-order valence-corrected chi connectivity index (χ2v) is 5.33. The molecule has 1 amide bonds. The smallest absolute Gasteiger partial charge is 0.253 e. The topological polar surface area (TPSA) is 58.6 Å². The third-order valence-corrected chi connectivity index (χ3v) is 3.50.